The summed E-state index contributed by atoms with van der Waals surface area (Å²) >= 11 is 0. The first kappa shape index (κ1) is 11.3. The van der Waals surface area contributed by atoms with Crippen LogP contribution in [0.4, 0.5) is 4.79 Å². The summed E-state index contributed by atoms with van der Waals surface area (Å²) in [6.07, 6.45) is -0.135. The first-order valence-electron chi connectivity index (χ1n) is 4.98. The molecule has 14 heavy (non-hydrogen) atoms. The summed E-state index contributed by atoms with van der Waals surface area (Å²) in [5, 5.41) is 0. The molecule has 0 aromatic rings. The molecule has 1 fully saturated rings. The Kier molecular flexibility index (Phi) is 3.37. The van der Waals surface area contributed by atoms with Gasteiger partial charge in [-0.05, 0) is 27.7 Å². The molecule has 0 bridgehead atoms. The standard InChI is InChI=1S/C10H19NO3/c1-8-7-11(5-6-13-8)9(12)14-10(2,3)4/h8H,5-7H2,1-4H3. The average Bonchev–Trinajstić information content (AvgIpc) is 2.01. The second kappa shape index (κ2) is 4.17. The quantitative estimate of drug-likeness (QED) is 0.598. The monoisotopic (exact) mass is 201 g/mol. The Bertz CT molecular complexity index is 210. The van der Waals surface area contributed by atoms with E-state index in [0.29, 0.717) is 19.7 Å². The van der Waals surface area contributed by atoms with Gasteiger partial charge in [0.25, 0.3) is 0 Å². The number of carbonyl (C=O) groups is 1. The van der Waals surface area contributed by atoms with E-state index in [-0.39, 0.29) is 12.2 Å². The molecular formula is C10H19NO3. The third-order valence-corrected chi connectivity index (χ3v) is 1.89. The molecule has 1 rings (SSSR count). The van der Waals surface area contributed by atoms with E-state index in [0.717, 1.165) is 0 Å². The van der Waals surface area contributed by atoms with Gasteiger partial charge < -0.3 is 14.4 Å². The predicted octanol–water partition coefficient (Wildman–Crippen LogP) is 1.64. The number of rotatable bonds is 0. The molecule has 1 unspecified atom stereocenters. The fraction of sp³-hybridized carbons (Fsp3) is 0.900. The van der Waals surface area contributed by atoms with E-state index in [4.69, 9.17) is 9.47 Å². The number of ether oxygens (including phenoxy) is 2. The molecule has 0 aromatic heterocycles. The van der Waals surface area contributed by atoms with Crippen molar-refractivity contribution in [2.45, 2.75) is 39.4 Å². The molecule has 0 aliphatic carbocycles. The summed E-state index contributed by atoms with van der Waals surface area (Å²) in [5.41, 5.74) is -0.418. The molecule has 1 amide bonds. The van der Waals surface area contributed by atoms with E-state index in [2.05, 4.69) is 0 Å². The Morgan fingerprint density at radius 2 is 2.14 bits per heavy atom. The van der Waals surface area contributed by atoms with Crippen molar-refractivity contribution >= 4 is 6.09 Å². The number of amides is 1. The van der Waals surface area contributed by atoms with Crippen molar-refractivity contribution in [3.63, 3.8) is 0 Å². The zero-order valence-corrected chi connectivity index (χ0v) is 9.37. The maximum absolute atomic E-state index is 11.6. The van der Waals surface area contributed by atoms with Gasteiger partial charge in [0.15, 0.2) is 0 Å². The van der Waals surface area contributed by atoms with E-state index < -0.39 is 5.60 Å². The van der Waals surface area contributed by atoms with E-state index in [1.54, 1.807) is 4.90 Å². The lowest BCUT2D eigenvalue weighted by molar-refractivity contribution is -0.0353. The zero-order chi connectivity index (χ0) is 10.8. The molecule has 1 aliphatic rings. The molecule has 1 saturated heterocycles. The highest BCUT2D eigenvalue weighted by atomic mass is 16.6. The molecule has 0 saturated carbocycles. The van der Waals surface area contributed by atoms with Gasteiger partial charge in [-0.15, -0.1) is 0 Å². The predicted molar refractivity (Wildman–Crippen MR) is 53.2 cm³/mol. The van der Waals surface area contributed by atoms with Crippen LogP contribution in [0.5, 0.6) is 0 Å². The van der Waals surface area contributed by atoms with Crippen molar-refractivity contribution in [3.05, 3.63) is 0 Å². The van der Waals surface area contributed by atoms with Crippen molar-refractivity contribution in [2.75, 3.05) is 19.7 Å². The van der Waals surface area contributed by atoms with Crippen LogP contribution in [0.25, 0.3) is 0 Å². The molecule has 0 spiro atoms. The van der Waals surface area contributed by atoms with Gasteiger partial charge in [-0.1, -0.05) is 0 Å². The Morgan fingerprint density at radius 1 is 1.50 bits per heavy atom. The summed E-state index contributed by atoms with van der Waals surface area (Å²) in [7, 11) is 0. The minimum absolute atomic E-state index is 0.108. The number of hydrogen-bond donors (Lipinski definition) is 0. The maximum Gasteiger partial charge on any atom is 0.410 e. The summed E-state index contributed by atoms with van der Waals surface area (Å²) < 4.78 is 10.6. The van der Waals surface area contributed by atoms with Gasteiger partial charge in [-0.3, -0.25) is 0 Å². The van der Waals surface area contributed by atoms with Crippen molar-refractivity contribution in [2.24, 2.45) is 0 Å². The van der Waals surface area contributed by atoms with Crippen molar-refractivity contribution < 1.29 is 14.3 Å². The van der Waals surface area contributed by atoms with Crippen LogP contribution < -0.4 is 0 Å². The molecule has 1 aliphatic heterocycles. The third kappa shape index (κ3) is 3.54. The highest BCUT2D eigenvalue weighted by Gasteiger charge is 2.25. The molecular weight excluding hydrogens is 182 g/mol. The van der Waals surface area contributed by atoms with E-state index in [1.807, 2.05) is 27.7 Å². The second-order valence-corrected chi connectivity index (χ2v) is 4.61. The van der Waals surface area contributed by atoms with Gasteiger partial charge in [-0.25, -0.2) is 4.79 Å². The lowest BCUT2D eigenvalue weighted by Gasteiger charge is -2.32. The zero-order valence-electron chi connectivity index (χ0n) is 9.37. The molecule has 1 atom stereocenters. The van der Waals surface area contributed by atoms with Gasteiger partial charge >= 0.3 is 6.09 Å². The molecule has 0 N–H and O–H groups in total. The van der Waals surface area contributed by atoms with Crippen LogP contribution in [0.15, 0.2) is 0 Å². The summed E-state index contributed by atoms with van der Waals surface area (Å²) in [6.45, 7) is 9.41. The van der Waals surface area contributed by atoms with Crippen LogP contribution in [-0.4, -0.2) is 42.4 Å². The van der Waals surface area contributed by atoms with E-state index in [1.165, 1.54) is 0 Å². The van der Waals surface area contributed by atoms with Gasteiger partial charge in [0, 0.05) is 6.54 Å². The van der Waals surface area contributed by atoms with Gasteiger partial charge in [0.1, 0.15) is 5.60 Å². The van der Waals surface area contributed by atoms with Crippen LogP contribution >= 0.6 is 0 Å². The van der Waals surface area contributed by atoms with Crippen LogP contribution in [0.1, 0.15) is 27.7 Å². The summed E-state index contributed by atoms with van der Waals surface area (Å²) in [5.74, 6) is 0. The van der Waals surface area contributed by atoms with Crippen molar-refractivity contribution in [1.82, 2.24) is 4.90 Å². The largest absolute Gasteiger partial charge is 0.444 e. The van der Waals surface area contributed by atoms with Gasteiger partial charge in [-0.2, -0.15) is 0 Å². The number of nitrogens with zero attached hydrogens (tertiary/aromatic N) is 1. The van der Waals surface area contributed by atoms with Crippen molar-refractivity contribution in [3.8, 4) is 0 Å². The molecule has 82 valence electrons. The normalized spacial score (nSPS) is 23.4. The highest BCUT2D eigenvalue weighted by molar-refractivity contribution is 5.68. The van der Waals surface area contributed by atoms with Crippen LogP contribution in [0, 0.1) is 0 Å². The SMILES string of the molecule is CC1CN(C(=O)OC(C)(C)C)CCO1. The Morgan fingerprint density at radius 3 is 2.64 bits per heavy atom. The molecule has 0 aromatic carbocycles. The Labute approximate surface area is 85.2 Å². The minimum Gasteiger partial charge on any atom is -0.444 e. The van der Waals surface area contributed by atoms with Crippen molar-refractivity contribution in [1.29, 1.82) is 0 Å². The Balaban J connectivity index is 2.44. The smallest absolute Gasteiger partial charge is 0.410 e. The van der Waals surface area contributed by atoms with E-state index in [9.17, 15) is 4.79 Å². The van der Waals surface area contributed by atoms with E-state index >= 15 is 0 Å². The average molecular weight is 201 g/mol. The van der Waals surface area contributed by atoms with Gasteiger partial charge in [0.2, 0.25) is 0 Å². The topological polar surface area (TPSA) is 38.8 Å². The summed E-state index contributed by atoms with van der Waals surface area (Å²) in [4.78, 5) is 13.3. The summed E-state index contributed by atoms with van der Waals surface area (Å²) in [6, 6.07) is 0. The molecule has 4 nitrogen and oxygen atoms in total. The van der Waals surface area contributed by atoms with Gasteiger partial charge in [0.05, 0.1) is 19.3 Å². The van der Waals surface area contributed by atoms with Crippen LogP contribution in [0.2, 0.25) is 0 Å². The molecule has 1 heterocycles. The second-order valence-electron chi connectivity index (χ2n) is 4.61. The number of hydrogen-bond acceptors (Lipinski definition) is 3. The highest BCUT2D eigenvalue weighted by Crippen LogP contribution is 2.12. The lowest BCUT2D eigenvalue weighted by atomic mass is 10.2. The first-order chi connectivity index (χ1) is 6.38. The first-order valence-corrected chi connectivity index (χ1v) is 4.98. The van der Waals surface area contributed by atoms with Crippen LogP contribution in [-0.2, 0) is 9.47 Å². The fourth-order valence-corrected chi connectivity index (χ4v) is 1.31. The number of morpholine rings is 1. The maximum atomic E-state index is 11.6. The Hall–Kier alpha value is -0.770. The molecule has 4 heteroatoms. The number of carbonyl (C=O) groups excluding carboxylic acids is 1. The van der Waals surface area contributed by atoms with Crippen LogP contribution in [0.3, 0.4) is 0 Å². The fourth-order valence-electron chi connectivity index (χ4n) is 1.31. The minimum atomic E-state index is -0.418. The third-order valence-electron chi connectivity index (χ3n) is 1.89. The molecule has 0 radical (unpaired) electrons. The lowest BCUT2D eigenvalue weighted by Crippen LogP contribution is -2.46.